The number of amides is 1. The maximum absolute atomic E-state index is 12.3. The van der Waals surface area contributed by atoms with Crippen molar-refractivity contribution in [2.45, 2.75) is 38.2 Å². The van der Waals surface area contributed by atoms with Crippen LogP contribution in [-0.4, -0.2) is 30.2 Å². The van der Waals surface area contributed by atoms with Gasteiger partial charge in [0.1, 0.15) is 11.5 Å². The number of nitrogens with zero attached hydrogens (tertiary/aromatic N) is 3. The fourth-order valence-corrected chi connectivity index (χ4v) is 3.26. The summed E-state index contributed by atoms with van der Waals surface area (Å²) in [6.45, 7) is 1.41. The molecule has 0 aromatic heterocycles. The van der Waals surface area contributed by atoms with E-state index in [1.807, 2.05) is 6.07 Å². The number of aliphatic hydroxyl groups is 1. The Hall–Kier alpha value is -2.57. The van der Waals surface area contributed by atoms with Crippen LogP contribution >= 0.6 is 0 Å². The third kappa shape index (κ3) is 2.93. The number of carbonyl (C=O) groups excluding carboxylic acids is 1. The maximum Gasteiger partial charge on any atom is 0.244 e. The number of nitriles is 2. The second kappa shape index (κ2) is 6.51. The minimum atomic E-state index is -0.908. The van der Waals surface area contributed by atoms with Gasteiger partial charge in [0.05, 0.1) is 23.4 Å². The van der Waals surface area contributed by atoms with E-state index in [1.54, 1.807) is 12.1 Å². The van der Waals surface area contributed by atoms with Crippen molar-refractivity contribution in [3.05, 3.63) is 23.8 Å². The van der Waals surface area contributed by atoms with Gasteiger partial charge in [-0.25, -0.2) is 0 Å². The van der Waals surface area contributed by atoms with Crippen LogP contribution in [0.1, 0.15) is 37.7 Å². The molecule has 1 aromatic rings. The monoisotopic (exact) mass is 324 g/mol. The number of hydrogen-bond acceptors (Lipinski definition) is 5. The highest BCUT2D eigenvalue weighted by atomic mass is 16.3. The lowest BCUT2D eigenvalue weighted by Crippen LogP contribution is -2.40. The zero-order valence-corrected chi connectivity index (χ0v) is 13.5. The Morgan fingerprint density at radius 1 is 1.29 bits per heavy atom. The number of nitrogens with one attached hydrogen (secondary N) is 1. The molecule has 3 rings (SSSR count). The summed E-state index contributed by atoms with van der Waals surface area (Å²) in [5.41, 5.74) is 0.942. The first-order chi connectivity index (χ1) is 11.6. The zero-order chi connectivity index (χ0) is 17.2. The second-order valence-corrected chi connectivity index (χ2v) is 6.56. The molecule has 124 valence electrons. The standard InChI is InChI=1S/C18H20N4O2/c19-11-13-10-14(21-17(24)18(12-20)6-1-7-18)2-3-16(13)22-8-4-15(23)5-9-22/h2-3,10,15,23H,1,4-9H2,(H,21,24). The fourth-order valence-electron chi connectivity index (χ4n) is 3.26. The van der Waals surface area contributed by atoms with Crippen molar-refractivity contribution in [3.8, 4) is 12.1 Å². The Labute approximate surface area is 141 Å². The van der Waals surface area contributed by atoms with Gasteiger partial charge in [0.2, 0.25) is 5.91 Å². The number of piperidine rings is 1. The van der Waals surface area contributed by atoms with Gasteiger partial charge in [-0.15, -0.1) is 0 Å². The molecular weight excluding hydrogens is 304 g/mol. The number of carbonyl (C=O) groups is 1. The predicted molar refractivity (Wildman–Crippen MR) is 89.1 cm³/mol. The maximum atomic E-state index is 12.3. The molecular formula is C18H20N4O2. The van der Waals surface area contributed by atoms with Gasteiger partial charge in [0.25, 0.3) is 0 Å². The third-order valence-corrected chi connectivity index (χ3v) is 5.04. The van der Waals surface area contributed by atoms with Crippen molar-refractivity contribution in [3.63, 3.8) is 0 Å². The number of anilines is 2. The van der Waals surface area contributed by atoms with Gasteiger partial charge < -0.3 is 15.3 Å². The lowest BCUT2D eigenvalue weighted by Gasteiger charge is -2.34. The second-order valence-electron chi connectivity index (χ2n) is 6.56. The Bertz CT molecular complexity index is 720. The minimum Gasteiger partial charge on any atom is -0.393 e. The molecule has 0 spiro atoms. The molecule has 24 heavy (non-hydrogen) atoms. The van der Waals surface area contributed by atoms with Gasteiger partial charge in [-0.1, -0.05) is 0 Å². The molecule has 1 aromatic carbocycles. The first kappa shape index (κ1) is 16.3. The predicted octanol–water partition coefficient (Wildman–Crippen LogP) is 2.15. The van der Waals surface area contributed by atoms with E-state index in [1.165, 1.54) is 0 Å². The van der Waals surface area contributed by atoms with Gasteiger partial charge >= 0.3 is 0 Å². The molecule has 0 radical (unpaired) electrons. The van der Waals surface area contributed by atoms with Crippen LogP contribution in [0, 0.1) is 28.1 Å². The van der Waals surface area contributed by atoms with E-state index in [0.29, 0.717) is 50.0 Å². The smallest absolute Gasteiger partial charge is 0.244 e. The molecule has 1 saturated heterocycles. The number of aliphatic hydroxyl groups excluding tert-OH is 1. The summed E-state index contributed by atoms with van der Waals surface area (Å²) in [7, 11) is 0. The lowest BCUT2D eigenvalue weighted by atomic mass is 9.69. The van der Waals surface area contributed by atoms with E-state index in [9.17, 15) is 20.4 Å². The lowest BCUT2D eigenvalue weighted by molar-refractivity contribution is -0.126. The zero-order valence-electron chi connectivity index (χ0n) is 13.5. The molecule has 1 amide bonds. The van der Waals surface area contributed by atoms with E-state index >= 15 is 0 Å². The highest BCUT2D eigenvalue weighted by Crippen LogP contribution is 2.41. The highest BCUT2D eigenvalue weighted by molar-refractivity contribution is 5.98. The highest BCUT2D eigenvalue weighted by Gasteiger charge is 2.44. The Morgan fingerprint density at radius 3 is 2.54 bits per heavy atom. The first-order valence-electron chi connectivity index (χ1n) is 8.28. The van der Waals surface area contributed by atoms with Crippen LogP contribution in [0.3, 0.4) is 0 Å². The Balaban J connectivity index is 1.76. The van der Waals surface area contributed by atoms with E-state index < -0.39 is 5.41 Å². The largest absolute Gasteiger partial charge is 0.393 e. The molecule has 6 heteroatoms. The molecule has 1 heterocycles. The summed E-state index contributed by atoms with van der Waals surface area (Å²) < 4.78 is 0. The van der Waals surface area contributed by atoms with Crippen LogP contribution < -0.4 is 10.2 Å². The SMILES string of the molecule is N#Cc1cc(NC(=O)C2(C#N)CCC2)ccc1N1CCC(O)CC1. The molecule has 1 aliphatic carbocycles. The van der Waals surface area contributed by atoms with Gasteiger partial charge in [-0.2, -0.15) is 10.5 Å². The summed E-state index contributed by atoms with van der Waals surface area (Å²) in [6, 6.07) is 9.55. The molecule has 0 bridgehead atoms. The topological polar surface area (TPSA) is 100 Å². The summed E-state index contributed by atoms with van der Waals surface area (Å²) in [5.74, 6) is -0.283. The molecule has 6 nitrogen and oxygen atoms in total. The van der Waals surface area contributed by atoms with E-state index in [4.69, 9.17) is 0 Å². The molecule has 2 fully saturated rings. The van der Waals surface area contributed by atoms with Crippen LogP contribution in [0.15, 0.2) is 18.2 Å². The van der Waals surface area contributed by atoms with Crippen LogP contribution in [0.4, 0.5) is 11.4 Å². The van der Waals surface area contributed by atoms with Crippen molar-refractivity contribution in [1.82, 2.24) is 0 Å². The molecule has 0 atom stereocenters. The number of rotatable bonds is 3. The minimum absolute atomic E-state index is 0.269. The van der Waals surface area contributed by atoms with Gasteiger partial charge in [-0.05, 0) is 50.3 Å². The number of hydrogen-bond donors (Lipinski definition) is 2. The Kier molecular flexibility index (Phi) is 4.42. The van der Waals surface area contributed by atoms with Crippen LogP contribution in [0.5, 0.6) is 0 Å². The molecule has 1 saturated carbocycles. The molecule has 0 unspecified atom stereocenters. The summed E-state index contributed by atoms with van der Waals surface area (Å²) >= 11 is 0. The van der Waals surface area contributed by atoms with Crippen molar-refractivity contribution in [2.24, 2.45) is 5.41 Å². The van der Waals surface area contributed by atoms with Crippen molar-refractivity contribution < 1.29 is 9.90 Å². The van der Waals surface area contributed by atoms with E-state index in [0.717, 1.165) is 12.1 Å². The van der Waals surface area contributed by atoms with Crippen molar-refractivity contribution in [2.75, 3.05) is 23.3 Å². The van der Waals surface area contributed by atoms with Crippen LogP contribution in [-0.2, 0) is 4.79 Å². The van der Waals surface area contributed by atoms with Crippen LogP contribution in [0.2, 0.25) is 0 Å². The average molecular weight is 324 g/mol. The van der Waals surface area contributed by atoms with E-state index in [2.05, 4.69) is 22.4 Å². The van der Waals surface area contributed by atoms with Crippen LogP contribution in [0.25, 0.3) is 0 Å². The first-order valence-corrected chi connectivity index (χ1v) is 8.28. The van der Waals surface area contributed by atoms with Gasteiger partial charge in [0, 0.05) is 18.8 Å². The summed E-state index contributed by atoms with van der Waals surface area (Å²) in [5, 5.41) is 31.0. The number of benzene rings is 1. The summed E-state index contributed by atoms with van der Waals surface area (Å²) in [6.07, 6.45) is 3.19. The molecule has 2 N–H and O–H groups in total. The van der Waals surface area contributed by atoms with Crippen molar-refractivity contribution in [1.29, 1.82) is 10.5 Å². The third-order valence-electron chi connectivity index (χ3n) is 5.04. The molecule has 1 aliphatic heterocycles. The molecule has 2 aliphatic rings. The normalized spacial score (nSPS) is 19.7. The Morgan fingerprint density at radius 2 is 2.00 bits per heavy atom. The fraction of sp³-hybridized carbons (Fsp3) is 0.500. The average Bonchev–Trinajstić information content (AvgIpc) is 2.55. The van der Waals surface area contributed by atoms with Gasteiger partial charge in [-0.3, -0.25) is 4.79 Å². The van der Waals surface area contributed by atoms with E-state index in [-0.39, 0.29) is 12.0 Å². The quantitative estimate of drug-likeness (QED) is 0.887. The summed E-state index contributed by atoms with van der Waals surface area (Å²) in [4.78, 5) is 14.4. The van der Waals surface area contributed by atoms with Crippen molar-refractivity contribution >= 4 is 17.3 Å². The van der Waals surface area contributed by atoms with Gasteiger partial charge in [0.15, 0.2) is 0 Å².